The number of hydrogen-bond acceptors (Lipinski definition) is 4. The zero-order chi connectivity index (χ0) is 11.4. The first-order chi connectivity index (χ1) is 7.10. The van der Waals surface area contributed by atoms with Gasteiger partial charge in [0.1, 0.15) is 0 Å². The van der Waals surface area contributed by atoms with E-state index in [-0.39, 0.29) is 5.76 Å². The summed E-state index contributed by atoms with van der Waals surface area (Å²) in [4.78, 5) is 22.7. The minimum Gasteiger partial charge on any atom is -0.446 e. The molecular formula is C9H7BrN2O3. The Kier molecular flexibility index (Phi) is 3.63. The molecule has 0 aliphatic carbocycles. The van der Waals surface area contributed by atoms with E-state index in [9.17, 15) is 9.59 Å². The second kappa shape index (κ2) is 4.75. The van der Waals surface area contributed by atoms with Gasteiger partial charge in [0.05, 0.1) is 6.07 Å². The van der Waals surface area contributed by atoms with Crippen molar-refractivity contribution in [2.45, 2.75) is 0 Å². The number of Topliss-reactive ketones (excluding diaryl/α,β-unsaturated/α-hetero) is 1. The molecule has 1 aromatic rings. The SMILES string of the molecule is CNC(=O)C(C#N)C(=O)c1ccc(Br)o1. The van der Waals surface area contributed by atoms with Crippen molar-refractivity contribution in [2.75, 3.05) is 7.05 Å². The van der Waals surface area contributed by atoms with Crippen LogP contribution in [0.1, 0.15) is 10.6 Å². The third-order valence-corrected chi connectivity index (χ3v) is 2.14. The van der Waals surface area contributed by atoms with Gasteiger partial charge in [0.2, 0.25) is 11.7 Å². The number of nitriles is 1. The highest BCUT2D eigenvalue weighted by atomic mass is 79.9. The quantitative estimate of drug-likeness (QED) is 0.659. The molecule has 78 valence electrons. The fraction of sp³-hybridized carbons (Fsp3) is 0.222. The number of ketones is 1. The fourth-order valence-corrected chi connectivity index (χ4v) is 1.28. The summed E-state index contributed by atoms with van der Waals surface area (Å²) in [5.41, 5.74) is 0. The monoisotopic (exact) mass is 270 g/mol. The normalized spacial score (nSPS) is 11.5. The van der Waals surface area contributed by atoms with Crippen LogP contribution in [0.3, 0.4) is 0 Å². The maximum absolute atomic E-state index is 11.6. The largest absolute Gasteiger partial charge is 0.446 e. The maximum Gasteiger partial charge on any atom is 0.245 e. The molecule has 1 amide bonds. The van der Waals surface area contributed by atoms with Crippen molar-refractivity contribution in [3.05, 3.63) is 22.6 Å². The molecule has 1 rings (SSSR count). The molecule has 0 saturated heterocycles. The lowest BCUT2D eigenvalue weighted by atomic mass is 10.0. The molecule has 1 atom stereocenters. The lowest BCUT2D eigenvalue weighted by Gasteiger charge is -2.03. The van der Waals surface area contributed by atoms with Crippen LogP contribution in [0.2, 0.25) is 0 Å². The molecular weight excluding hydrogens is 264 g/mol. The first kappa shape index (κ1) is 11.5. The molecule has 0 bridgehead atoms. The number of nitrogens with zero attached hydrogens (tertiary/aromatic N) is 1. The van der Waals surface area contributed by atoms with Crippen molar-refractivity contribution >= 4 is 27.6 Å². The van der Waals surface area contributed by atoms with Gasteiger partial charge in [-0.2, -0.15) is 5.26 Å². The lowest BCUT2D eigenvalue weighted by molar-refractivity contribution is -0.121. The number of furan rings is 1. The molecule has 0 aliphatic rings. The molecule has 0 aliphatic heterocycles. The van der Waals surface area contributed by atoms with Crippen molar-refractivity contribution in [1.82, 2.24) is 5.32 Å². The molecule has 1 aromatic heterocycles. The third-order valence-electron chi connectivity index (χ3n) is 1.72. The molecule has 0 saturated carbocycles. The van der Waals surface area contributed by atoms with Gasteiger partial charge in [-0.1, -0.05) is 0 Å². The Labute approximate surface area is 94.2 Å². The minimum absolute atomic E-state index is 0.0166. The Bertz CT molecular complexity index is 433. The van der Waals surface area contributed by atoms with E-state index >= 15 is 0 Å². The van der Waals surface area contributed by atoms with Crippen LogP contribution >= 0.6 is 15.9 Å². The predicted octanol–water partition coefficient (Wildman–Crippen LogP) is 1.11. The highest BCUT2D eigenvalue weighted by molar-refractivity contribution is 9.10. The Morgan fingerprint density at radius 1 is 1.60 bits per heavy atom. The summed E-state index contributed by atoms with van der Waals surface area (Å²) < 4.78 is 5.33. The number of carbonyl (C=O) groups excluding carboxylic acids is 2. The van der Waals surface area contributed by atoms with Gasteiger partial charge >= 0.3 is 0 Å². The van der Waals surface area contributed by atoms with E-state index in [1.165, 1.54) is 19.2 Å². The van der Waals surface area contributed by atoms with Crippen molar-refractivity contribution in [3.8, 4) is 6.07 Å². The van der Waals surface area contributed by atoms with Crippen LogP contribution in [-0.2, 0) is 4.79 Å². The van der Waals surface area contributed by atoms with E-state index in [0.717, 1.165) is 0 Å². The molecule has 5 nitrogen and oxygen atoms in total. The van der Waals surface area contributed by atoms with Gasteiger partial charge in [-0.15, -0.1) is 0 Å². The highest BCUT2D eigenvalue weighted by Crippen LogP contribution is 2.17. The van der Waals surface area contributed by atoms with E-state index in [1.807, 2.05) is 0 Å². The van der Waals surface area contributed by atoms with Crippen molar-refractivity contribution < 1.29 is 14.0 Å². The summed E-state index contributed by atoms with van der Waals surface area (Å²) in [6, 6.07) is 4.55. The molecule has 6 heteroatoms. The summed E-state index contributed by atoms with van der Waals surface area (Å²) >= 11 is 3.02. The van der Waals surface area contributed by atoms with Gasteiger partial charge in [0, 0.05) is 7.05 Å². The minimum atomic E-state index is -1.37. The Hall–Kier alpha value is -1.61. The third kappa shape index (κ3) is 2.44. The van der Waals surface area contributed by atoms with E-state index in [4.69, 9.17) is 9.68 Å². The Morgan fingerprint density at radius 3 is 2.67 bits per heavy atom. The summed E-state index contributed by atoms with van der Waals surface area (Å²) in [6.07, 6.45) is 0. The average Bonchev–Trinajstić information content (AvgIpc) is 2.65. The molecule has 1 N–H and O–H groups in total. The molecule has 1 heterocycles. The number of hydrogen-bond donors (Lipinski definition) is 1. The molecule has 0 aromatic carbocycles. The van der Waals surface area contributed by atoms with Crippen LogP contribution in [0.5, 0.6) is 0 Å². The van der Waals surface area contributed by atoms with E-state index in [1.54, 1.807) is 6.07 Å². The van der Waals surface area contributed by atoms with Crippen LogP contribution < -0.4 is 5.32 Å². The first-order valence-corrected chi connectivity index (χ1v) is 4.80. The summed E-state index contributed by atoms with van der Waals surface area (Å²) in [6.45, 7) is 0. The molecule has 15 heavy (non-hydrogen) atoms. The summed E-state index contributed by atoms with van der Waals surface area (Å²) in [7, 11) is 1.36. The lowest BCUT2D eigenvalue weighted by Crippen LogP contribution is -2.31. The second-order valence-electron chi connectivity index (χ2n) is 2.64. The maximum atomic E-state index is 11.6. The van der Waals surface area contributed by atoms with E-state index < -0.39 is 17.6 Å². The van der Waals surface area contributed by atoms with Gasteiger partial charge in [0.25, 0.3) is 0 Å². The van der Waals surface area contributed by atoms with Gasteiger partial charge < -0.3 is 9.73 Å². The predicted molar refractivity (Wildman–Crippen MR) is 53.9 cm³/mol. The van der Waals surface area contributed by atoms with Gasteiger partial charge in [0.15, 0.2) is 16.3 Å². The molecule has 0 radical (unpaired) electrons. The second-order valence-corrected chi connectivity index (χ2v) is 3.43. The number of nitrogens with one attached hydrogen (secondary N) is 1. The van der Waals surface area contributed by atoms with E-state index in [2.05, 4.69) is 21.2 Å². The summed E-state index contributed by atoms with van der Waals surface area (Å²) in [5, 5.41) is 10.9. The smallest absolute Gasteiger partial charge is 0.245 e. The van der Waals surface area contributed by atoms with Gasteiger partial charge in [-0.3, -0.25) is 9.59 Å². The van der Waals surface area contributed by atoms with Crippen LogP contribution in [0, 0.1) is 17.2 Å². The van der Waals surface area contributed by atoms with Crippen LogP contribution in [0.25, 0.3) is 0 Å². The van der Waals surface area contributed by atoms with Crippen molar-refractivity contribution in [3.63, 3.8) is 0 Å². The molecule has 0 spiro atoms. The molecule has 0 fully saturated rings. The number of rotatable bonds is 3. The van der Waals surface area contributed by atoms with Crippen LogP contribution in [-0.4, -0.2) is 18.7 Å². The molecule has 1 unspecified atom stereocenters. The Morgan fingerprint density at radius 2 is 2.27 bits per heavy atom. The van der Waals surface area contributed by atoms with Gasteiger partial charge in [-0.05, 0) is 28.1 Å². The first-order valence-electron chi connectivity index (χ1n) is 4.01. The number of carbonyl (C=O) groups is 2. The topological polar surface area (TPSA) is 83.1 Å². The standard InChI is InChI=1S/C9H7BrN2O3/c1-12-9(14)5(4-11)8(13)6-2-3-7(10)15-6/h2-3,5H,1H3,(H,12,14). The van der Waals surface area contributed by atoms with Crippen LogP contribution in [0.4, 0.5) is 0 Å². The number of halogens is 1. The van der Waals surface area contributed by atoms with Crippen molar-refractivity contribution in [1.29, 1.82) is 5.26 Å². The zero-order valence-electron chi connectivity index (χ0n) is 7.78. The number of amides is 1. The summed E-state index contributed by atoms with van der Waals surface area (Å²) in [5.74, 6) is -2.68. The zero-order valence-corrected chi connectivity index (χ0v) is 9.37. The van der Waals surface area contributed by atoms with Crippen molar-refractivity contribution in [2.24, 2.45) is 5.92 Å². The average molecular weight is 271 g/mol. The van der Waals surface area contributed by atoms with E-state index in [0.29, 0.717) is 4.67 Å². The van der Waals surface area contributed by atoms with Gasteiger partial charge in [-0.25, -0.2) is 0 Å². The van der Waals surface area contributed by atoms with Crippen LogP contribution in [0.15, 0.2) is 21.2 Å². The highest BCUT2D eigenvalue weighted by Gasteiger charge is 2.28. The fourth-order valence-electron chi connectivity index (χ4n) is 0.970. The Balaban J connectivity index is 2.93.